The molecular formula is C16H23NO4. The van der Waals surface area contributed by atoms with E-state index >= 15 is 0 Å². The van der Waals surface area contributed by atoms with Crippen molar-refractivity contribution in [3.05, 3.63) is 35.4 Å². The highest BCUT2D eigenvalue weighted by Crippen LogP contribution is 2.20. The molecule has 0 heterocycles. The first kappa shape index (κ1) is 17.0. The van der Waals surface area contributed by atoms with E-state index in [1.807, 2.05) is 31.2 Å². The van der Waals surface area contributed by atoms with Crippen molar-refractivity contribution in [1.82, 2.24) is 5.32 Å². The second-order valence-electron chi connectivity index (χ2n) is 6.09. The number of carbonyl (C=O) groups is 2. The minimum atomic E-state index is -0.896. The molecule has 1 atom stereocenters. The molecule has 5 nitrogen and oxygen atoms in total. The summed E-state index contributed by atoms with van der Waals surface area (Å²) < 4.78 is 5.16. The molecule has 0 aliphatic rings. The third kappa shape index (κ3) is 6.79. The van der Waals surface area contributed by atoms with Crippen LogP contribution in [0.1, 0.15) is 44.2 Å². The number of amides is 1. The Balaban J connectivity index is 2.71. The van der Waals surface area contributed by atoms with Crippen LogP contribution < -0.4 is 5.32 Å². The maximum atomic E-state index is 11.7. The summed E-state index contributed by atoms with van der Waals surface area (Å²) in [5.74, 6) is -1.18. The summed E-state index contributed by atoms with van der Waals surface area (Å²) >= 11 is 0. The van der Waals surface area contributed by atoms with E-state index in [9.17, 15) is 9.59 Å². The van der Waals surface area contributed by atoms with Crippen molar-refractivity contribution in [1.29, 1.82) is 0 Å². The standard InChI is InChI=1S/C16H23NO4/c1-11-6-5-7-12(8-11)13(9-14(18)19)10-17-15(20)21-16(2,3)4/h5-8,13H,9-10H2,1-4H3,(H,17,20)(H,18,19). The fraction of sp³-hybridized carbons (Fsp3) is 0.500. The van der Waals surface area contributed by atoms with Gasteiger partial charge in [0, 0.05) is 12.5 Å². The van der Waals surface area contributed by atoms with E-state index in [1.54, 1.807) is 20.8 Å². The number of hydrogen-bond acceptors (Lipinski definition) is 3. The third-order valence-electron chi connectivity index (χ3n) is 2.83. The summed E-state index contributed by atoms with van der Waals surface area (Å²) in [4.78, 5) is 22.7. The average Bonchev–Trinajstić information content (AvgIpc) is 2.31. The van der Waals surface area contributed by atoms with Crippen molar-refractivity contribution in [2.24, 2.45) is 0 Å². The molecule has 116 valence electrons. The van der Waals surface area contributed by atoms with Crippen LogP contribution in [-0.4, -0.2) is 29.3 Å². The zero-order valence-corrected chi connectivity index (χ0v) is 13.0. The van der Waals surface area contributed by atoms with Gasteiger partial charge in [-0.1, -0.05) is 29.8 Å². The van der Waals surface area contributed by atoms with Gasteiger partial charge in [-0.3, -0.25) is 4.79 Å². The van der Waals surface area contributed by atoms with Crippen molar-refractivity contribution in [2.45, 2.75) is 45.6 Å². The molecule has 0 saturated carbocycles. The molecule has 1 aromatic rings. The first-order valence-electron chi connectivity index (χ1n) is 6.92. The number of nitrogens with one attached hydrogen (secondary N) is 1. The van der Waals surface area contributed by atoms with Gasteiger partial charge in [-0.2, -0.15) is 0 Å². The number of ether oxygens (including phenoxy) is 1. The predicted molar refractivity (Wildman–Crippen MR) is 80.4 cm³/mol. The van der Waals surface area contributed by atoms with E-state index < -0.39 is 17.7 Å². The molecule has 0 saturated heterocycles. The lowest BCUT2D eigenvalue weighted by Crippen LogP contribution is -2.35. The van der Waals surface area contributed by atoms with Crippen LogP contribution in [0.3, 0.4) is 0 Å². The third-order valence-corrected chi connectivity index (χ3v) is 2.83. The quantitative estimate of drug-likeness (QED) is 0.874. The van der Waals surface area contributed by atoms with Crippen LogP contribution in [0, 0.1) is 6.92 Å². The largest absolute Gasteiger partial charge is 0.481 e. The van der Waals surface area contributed by atoms with Gasteiger partial charge >= 0.3 is 12.1 Å². The molecule has 0 spiro atoms. The Morgan fingerprint density at radius 2 is 2.00 bits per heavy atom. The summed E-state index contributed by atoms with van der Waals surface area (Å²) in [5, 5.41) is 11.7. The summed E-state index contributed by atoms with van der Waals surface area (Å²) in [6.45, 7) is 7.51. The van der Waals surface area contributed by atoms with E-state index in [0.717, 1.165) is 11.1 Å². The highest BCUT2D eigenvalue weighted by atomic mass is 16.6. The Kier molecular flexibility index (Phi) is 5.76. The molecule has 0 aromatic heterocycles. The van der Waals surface area contributed by atoms with Crippen LogP contribution >= 0.6 is 0 Å². The first-order valence-corrected chi connectivity index (χ1v) is 6.92. The van der Waals surface area contributed by atoms with Gasteiger partial charge in [0.05, 0.1) is 6.42 Å². The van der Waals surface area contributed by atoms with Crippen LogP contribution in [0.25, 0.3) is 0 Å². The second-order valence-corrected chi connectivity index (χ2v) is 6.09. The number of hydrogen-bond donors (Lipinski definition) is 2. The van der Waals surface area contributed by atoms with E-state index in [4.69, 9.17) is 9.84 Å². The number of rotatable bonds is 5. The van der Waals surface area contributed by atoms with E-state index in [1.165, 1.54) is 0 Å². The Morgan fingerprint density at radius 3 is 2.52 bits per heavy atom. The number of carboxylic acids is 1. The predicted octanol–water partition coefficient (Wildman–Crippen LogP) is 3.08. The van der Waals surface area contributed by atoms with Gasteiger partial charge in [-0.05, 0) is 33.3 Å². The maximum absolute atomic E-state index is 11.7. The summed E-state index contributed by atoms with van der Waals surface area (Å²) in [6.07, 6.45) is -0.579. The zero-order chi connectivity index (χ0) is 16.0. The van der Waals surface area contributed by atoms with Crippen molar-refractivity contribution < 1.29 is 19.4 Å². The number of alkyl carbamates (subject to hydrolysis) is 1. The van der Waals surface area contributed by atoms with Crippen molar-refractivity contribution in [2.75, 3.05) is 6.54 Å². The zero-order valence-electron chi connectivity index (χ0n) is 13.0. The minimum absolute atomic E-state index is 0.0424. The average molecular weight is 293 g/mol. The highest BCUT2D eigenvalue weighted by molar-refractivity contribution is 5.69. The summed E-state index contributed by atoms with van der Waals surface area (Å²) in [6, 6.07) is 7.64. The first-order chi connectivity index (χ1) is 9.67. The molecule has 0 aliphatic heterocycles. The SMILES string of the molecule is Cc1cccc(C(CNC(=O)OC(C)(C)C)CC(=O)O)c1. The molecule has 21 heavy (non-hydrogen) atoms. The van der Waals surface area contributed by atoms with Gasteiger partial charge in [0.25, 0.3) is 0 Å². The van der Waals surface area contributed by atoms with E-state index in [0.29, 0.717) is 0 Å². The van der Waals surface area contributed by atoms with Crippen LogP contribution in [0.4, 0.5) is 4.79 Å². The molecule has 2 N–H and O–H groups in total. The molecule has 1 rings (SSSR count). The van der Waals surface area contributed by atoms with E-state index in [-0.39, 0.29) is 18.9 Å². The van der Waals surface area contributed by atoms with Crippen LogP contribution in [0.2, 0.25) is 0 Å². The van der Waals surface area contributed by atoms with Crippen molar-refractivity contribution >= 4 is 12.1 Å². The molecule has 0 aliphatic carbocycles. The molecule has 1 aromatic carbocycles. The monoisotopic (exact) mass is 293 g/mol. The number of carboxylic acid groups (broad SMARTS) is 1. The van der Waals surface area contributed by atoms with Gasteiger partial charge in [0.2, 0.25) is 0 Å². The van der Waals surface area contributed by atoms with Gasteiger partial charge in [0.1, 0.15) is 5.60 Å². The smallest absolute Gasteiger partial charge is 0.407 e. The van der Waals surface area contributed by atoms with Crippen LogP contribution in [0.15, 0.2) is 24.3 Å². The van der Waals surface area contributed by atoms with Gasteiger partial charge in [0.15, 0.2) is 0 Å². The molecule has 0 bridgehead atoms. The minimum Gasteiger partial charge on any atom is -0.481 e. The fourth-order valence-corrected chi connectivity index (χ4v) is 1.96. The maximum Gasteiger partial charge on any atom is 0.407 e. The Hall–Kier alpha value is -2.04. The van der Waals surface area contributed by atoms with Crippen LogP contribution in [0.5, 0.6) is 0 Å². The molecule has 1 unspecified atom stereocenters. The molecular weight excluding hydrogens is 270 g/mol. The summed E-state index contributed by atoms with van der Waals surface area (Å²) in [5.41, 5.74) is 1.38. The Morgan fingerprint density at radius 1 is 1.33 bits per heavy atom. The number of carbonyl (C=O) groups excluding carboxylic acids is 1. The molecule has 5 heteroatoms. The molecule has 0 fully saturated rings. The number of aliphatic carboxylic acids is 1. The molecule has 0 radical (unpaired) electrons. The van der Waals surface area contributed by atoms with Crippen molar-refractivity contribution in [3.63, 3.8) is 0 Å². The summed E-state index contributed by atoms with van der Waals surface area (Å²) in [7, 11) is 0. The van der Waals surface area contributed by atoms with E-state index in [2.05, 4.69) is 5.32 Å². The van der Waals surface area contributed by atoms with Crippen LogP contribution in [-0.2, 0) is 9.53 Å². The normalized spacial score (nSPS) is 12.6. The lowest BCUT2D eigenvalue weighted by Gasteiger charge is -2.21. The van der Waals surface area contributed by atoms with Gasteiger partial charge < -0.3 is 15.2 Å². The molecule has 1 amide bonds. The highest BCUT2D eigenvalue weighted by Gasteiger charge is 2.20. The fourth-order valence-electron chi connectivity index (χ4n) is 1.96. The lowest BCUT2D eigenvalue weighted by molar-refractivity contribution is -0.137. The van der Waals surface area contributed by atoms with Crippen molar-refractivity contribution in [3.8, 4) is 0 Å². The van der Waals surface area contributed by atoms with Gasteiger partial charge in [-0.25, -0.2) is 4.79 Å². The topological polar surface area (TPSA) is 75.6 Å². The van der Waals surface area contributed by atoms with Gasteiger partial charge in [-0.15, -0.1) is 0 Å². The number of aryl methyl sites for hydroxylation is 1. The number of benzene rings is 1. The Labute approximate surface area is 125 Å². The lowest BCUT2D eigenvalue weighted by atomic mass is 9.94. The second kappa shape index (κ2) is 7.11. The Bertz CT molecular complexity index is 505.